The lowest BCUT2D eigenvalue weighted by Gasteiger charge is -2.28. The number of hydrogen-bond acceptors (Lipinski definition) is 12. The molecular formula is C32H57B2NO11. The highest BCUT2D eigenvalue weighted by Crippen LogP contribution is 2.28. The summed E-state index contributed by atoms with van der Waals surface area (Å²) in [6.45, 7) is 11.5. The maximum Gasteiger partial charge on any atom is 0.305 e. The maximum absolute atomic E-state index is 12.3. The highest BCUT2D eigenvalue weighted by molar-refractivity contribution is 6.74. The van der Waals surface area contributed by atoms with Crippen molar-refractivity contribution in [3.63, 3.8) is 0 Å². The maximum atomic E-state index is 12.3. The van der Waals surface area contributed by atoms with Gasteiger partial charge in [-0.25, -0.2) is 0 Å². The third-order valence-corrected chi connectivity index (χ3v) is 7.70. The number of unbranched alkanes of at least 4 members (excludes halogenated alkanes) is 4. The topological polar surface area (TPSA) is 163 Å². The fourth-order valence-corrected chi connectivity index (χ4v) is 4.60. The summed E-state index contributed by atoms with van der Waals surface area (Å²) in [7, 11) is 0.783. The molecule has 0 spiro atoms. The molecule has 0 aliphatic carbocycles. The first kappa shape index (κ1) is 43.3. The van der Waals surface area contributed by atoms with Gasteiger partial charge in [0.1, 0.15) is 19.8 Å². The number of carbonyl (C=O) groups excluding carboxylic acids is 6. The monoisotopic (exact) mass is 653 g/mol. The van der Waals surface area contributed by atoms with Crippen LogP contribution in [-0.2, 0) is 47.7 Å². The molecule has 0 amide bonds. The van der Waals surface area contributed by atoms with E-state index >= 15 is 0 Å². The van der Waals surface area contributed by atoms with Gasteiger partial charge in [-0.2, -0.15) is 0 Å². The quantitative estimate of drug-likeness (QED) is 0.0569. The second-order valence-electron chi connectivity index (χ2n) is 13.1. The van der Waals surface area contributed by atoms with Crippen molar-refractivity contribution in [2.45, 2.75) is 106 Å². The second-order valence-corrected chi connectivity index (χ2v) is 13.1. The van der Waals surface area contributed by atoms with Gasteiger partial charge in [-0.05, 0) is 65.0 Å². The molecule has 0 aromatic rings. The minimum absolute atomic E-state index is 0.0421. The Morgan fingerprint density at radius 2 is 0.957 bits per heavy atom. The molecule has 12 nitrogen and oxygen atoms in total. The van der Waals surface area contributed by atoms with Gasteiger partial charge < -0.3 is 38.5 Å². The number of hydrogen-bond donors (Lipinski definition) is 1. The number of aliphatic hydroxyl groups is 1. The molecule has 0 bridgehead atoms. The van der Waals surface area contributed by atoms with Gasteiger partial charge in [0.25, 0.3) is 0 Å². The van der Waals surface area contributed by atoms with Gasteiger partial charge >= 0.3 is 23.9 Å². The largest absolute Gasteiger partial charge is 0.465 e. The molecule has 14 heteroatoms. The van der Waals surface area contributed by atoms with Gasteiger partial charge in [0.05, 0.1) is 30.0 Å². The van der Waals surface area contributed by atoms with E-state index in [0.29, 0.717) is 53.0 Å². The summed E-state index contributed by atoms with van der Waals surface area (Å²) in [6, 6.07) is 0. The first-order valence-corrected chi connectivity index (χ1v) is 16.5. The zero-order valence-electron chi connectivity index (χ0n) is 29.1. The molecule has 0 unspecified atom stereocenters. The van der Waals surface area contributed by atoms with Gasteiger partial charge in [-0.15, -0.1) is 0 Å². The molecule has 0 atom stereocenters. The summed E-state index contributed by atoms with van der Waals surface area (Å²) in [5, 5.41) is 9.45. The molecule has 0 heterocycles. The number of aliphatic hydroxyl groups excluding tert-OH is 1. The average Bonchev–Trinajstić information content (AvgIpc) is 2.98. The van der Waals surface area contributed by atoms with E-state index in [4.69, 9.17) is 18.9 Å². The highest BCUT2D eigenvalue weighted by atomic mass is 16.6. The van der Waals surface area contributed by atoms with Crippen LogP contribution < -0.4 is 0 Å². The van der Waals surface area contributed by atoms with E-state index in [-0.39, 0.29) is 62.8 Å². The fourth-order valence-electron chi connectivity index (χ4n) is 4.60. The van der Waals surface area contributed by atoms with Crippen molar-refractivity contribution in [2.75, 3.05) is 52.7 Å². The van der Waals surface area contributed by atoms with Crippen LogP contribution in [-0.4, -0.2) is 112 Å². The lowest BCUT2D eigenvalue weighted by Crippen LogP contribution is -2.36. The van der Waals surface area contributed by atoms with Crippen LogP contribution in [0.3, 0.4) is 0 Å². The molecular weight excluding hydrogens is 596 g/mol. The van der Waals surface area contributed by atoms with Crippen molar-refractivity contribution in [2.24, 2.45) is 10.8 Å². The van der Waals surface area contributed by atoms with E-state index in [1.165, 1.54) is 27.7 Å². The molecule has 0 aromatic heterocycles. The van der Waals surface area contributed by atoms with E-state index in [1.807, 2.05) is 6.92 Å². The van der Waals surface area contributed by atoms with Gasteiger partial charge in [0.2, 0.25) is 14.6 Å². The lowest BCUT2D eigenvalue weighted by atomic mass is 9.53. The zero-order valence-corrected chi connectivity index (χ0v) is 29.1. The van der Waals surface area contributed by atoms with Crippen molar-refractivity contribution in [3.8, 4) is 0 Å². The molecule has 46 heavy (non-hydrogen) atoms. The Hall–Kier alpha value is -2.73. The summed E-state index contributed by atoms with van der Waals surface area (Å²) >= 11 is 0. The minimum atomic E-state index is -0.840. The molecule has 0 aliphatic rings. The number of nitrogens with zero attached hydrogens (tertiary/aromatic N) is 1. The minimum Gasteiger partial charge on any atom is -0.465 e. The Bertz CT molecular complexity index is 852. The van der Waals surface area contributed by atoms with Crippen molar-refractivity contribution >= 4 is 49.8 Å². The van der Waals surface area contributed by atoms with Crippen LogP contribution in [0.4, 0.5) is 0 Å². The Balaban J connectivity index is 4.34. The Labute approximate surface area is 276 Å². The molecule has 0 fully saturated rings. The average molecular weight is 653 g/mol. The molecule has 0 rings (SSSR count). The smallest absolute Gasteiger partial charge is 0.305 e. The van der Waals surface area contributed by atoms with Crippen LogP contribution in [0.25, 0.3) is 0 Å². The van der Waals surface area contributed by atoms with E-state index in [2.05, 4.69) is 4.90 Å². The van der Waals surface area contributed by atoms with E-state index in [0.717, 1.165) is 38.8 Å². The molecule has 0 aliphatic heterocycles. The molecule has 0 saturated carbocycles. The number of carbonyl (C=O) groups is 6. The molecule has 0 saturated heterocycles. The lowest BCUT2D eigenvalue weighted by molar-refractivity contribution is -0.159. The predicted molar refractivity (Wildman–Crippen MR) is 177 cm³/mol. The first-order valence-electron chi connectivity index (χ1n) is 16.5. The van der Waals surface area contributed by atoms with Gasteiger partial charge in [-0.1, -0.05) is 32.4 Å². The molecule has 1 N–H and O–H groups in total. The van der Waals surface area contributed by atoms with Crippen LogP contribution in [0.2, 0.25) is 12.6 Å². The summed E-state index contributed by atoms with van der Waals surface area (Å²) < 4.78 is 21.0. The van der Waals surface area contributed by atoms with Gasteiger partial charge in [-0.3, -0.25) is 19.2 Å². The third-order valence-electron chi connectivity index (χ3n) is 7.70. The third kappa shape index (κ3) is 24.5. The summed E-state index contributed by atoms with van der Waals surface area (Å²) in [5.41, 5.74) is -1.10. The summed E-state index contributed by atoms with van der Waals surface area (Å²) in [5.74, 6) is -1.60. The van der Waals surface area contributed by atoms with Crippen molar-refractivity contribution in [1.82, 2.24) is 4.90 Å². The Morgan fingerprint density at radius 1 is 0.565 bits per heavy atom. The standard InChI is InChI=1S/C32H57B2NO11/c1-25(37)33-19-31(5,20-34-26(2)38)21-45-29(41)13-9-7-11-15-35(17-18-36)16-12-8-10-14-30(42)46-24-32(6,22-43-27(3)39)23-44-28(4)40/h33-34,36H,7-24H2,1-6H3. The highest BCUT2D eigenvalue weighted by Gasteiger charge is 2.30. The number of ether oxygens (including phenoxy) is 4. The number of esters is 4. The van der Waals surface area contributed by atoms with Crippen LogP contribution in [0, 0.1) is 10.8 Å². The SMILES string of the molecule is CC(=O)BCC(C)(CBC(C)=O)COC(=O)CCCCCN(CCO)CCCCCC(=O)OCC(C)(COC(C)=O)COC(C)=O. The fraction of sp³-hybridized carbons (Fsp3) is 0.812. The van der Waals surface area contributed by atoms with Gasteiger partial charge in [0, 0.05) is 33.2 Å². The van der Waals surface area contributed by atoms with Crippen LogP contribution in [0.5, 0.6) is 0 Å². The van der Waals surface area contributed by atoms with Crippen molar-refractivity contribution in [3.05, 3.63) is 0 Å². The normalized spacial score (nSPS) is 11.5. The first-order chi connectivity index (χ1) is 21.6. The van der Waals surface area contributed by atoms with E-state index in [1.54, 1.807) is 6.92 Å². The van der Waals surface area contributed by atoms with Crippen molar-refractivity contribution in [1.29, 1.82) is 0 Å². The zero-order chi connectivity index (χ0) is 35.0. The Morgan fingerprint density at radius 3 is 1.33 bits per heavy atom. The molecule has 262 valence electrons. The van der Waals surface area contributed by atoms with E-state index < -0.39 is 22.8 Å². The number of rotatable bonds is 28. The molecule has 0 aromatic carbocycles. The van der Waals surface area contributed by atoms with Crippen molar-refractivity contribution < 1.29 is 52.8 Å². The van der Waals surface area contributed by atoms with Crippen LogP contribution >= 0.6 is 0 Å². The summed E-state index contributed by atoms with van der Waals surface area (Å²) in [4.78, 5) is 72.1. The van der Waals surface area contributed by atoms with Crippen LogP contribution in [0.1, 0.15) is 92.9 Å². The van der Waals surface area contributed by atoms with E-state index in [9.17, 15) is 33.9 Å². The van der Waals surface area contributed by atoms with Crippen LogP contribution in [0.15, 0.2) is 0 Å². The molecule has 0 radical (unpaired) electrons. The predicted octanol–water partition coefficient (Wildman–Crippen LogP) is 2.43. The Kier molecular flexibility index (Phi) is 23.0. The second kappa shape index (κ2) is 24.4. The summed E-state index contributed by atoms with van der Waals surface area (Å²) in [6.07, 6.45) is 6.37. The van der Waals surface area contributed by atoms with Gasteiger partial charge in [0.15, 0.2) is 0 Å².